The van der Waals surface area contributed by atoms with Gasteiger partial charge in [-0.25, -0.2) is 0 Å². The SMILES string of the molecule is COC(=O)[C@@]1(C)CC[C@]2(C(=O)O)CC[C@]3(C)C(=CC[C@@H]4[C@@]5(C)CC[C@H](O[C@@H]6O[C@H](CO)[C@@H](O[C@@H]7O[C@H](CO)[C@@H](O)[C@H](O)[C@H]7O)[C@H](O)[C@H]6O)C(C)(C)[C@@H]5CC[C@]43C)[C@@H]2C1. The average molecular weight is 825 g/mol. The Morgan fingerprint density at radius 3 is 2.00 bits per heavy atom. The minimum Gasteiger partial charge on any atom is -0.481 e. The molecule has 0 aromatic rings. The Bertz CT molecular complexity index is 1600. The number of methoxy groups -OCH3 is 1. The normalized spacial score (nSPS) is 52.6. The van der Waals surface area contributed by atoms with Gasteiger partial charge in [-0.2, -0.15) is 0 Å². The third kappa shape index (κ3) is 6.38. The summed E-state index contributed by atoms with van der Waals surface area (Å²) in [6, 6.07) is 0. The van der Waals surface area contributed by atoms with Gasteiger partial charge in [-0.1, -0.05) is 46.3 Å². The van der Waals surface area contributed by atoms with Gasteiger partial charge in [0.15, 0.2) is 12.6 Å². The van der Waals surface area contributed by atoms with E-state index >= 15 is 0 Å². The highest BCUT2D eigenvalue weighted by Crippen LogP contribution is 2.76. The van der Waals surface area contributed by atoms with Crippen molar-refractivity contribution in [2.24, 2.45) is 50.2 Å². The zero-order valence-electron chi connectivity index (χ0n) is 35.1. The molecule has 0 aromatic heterocycles. The number of aliphatic hydroxyl groups excluding tert-OH is 7. The van der Waals surface area contributed by atoms with E-state index in [-0.39, 0.29) is 40.0 Å². The maximum Gasteiger partial charge on any atom is 0.311 e. The van der Waals surface area contributed by atoms with Crippen LogP contribution >= 0.6 is 0 Å². The van der Waals surface area contributed by atoms with Gasteiger partial charge in [0.05, 0.1) is 37.3 Å². The topological polar surface area (TPSA) is 242 Å². The van der Waals surface area contributed by atoms with E-state index in [1.54, 1.807) is 0 Å². The van der Waals surface area contributed by atoms with Crippen LogP contribution in [0.3, 0.4) is 0 Å². The summed E-state index contributed by atoms with van der Waals surface area (Å²) in [6.45, 7) is 12.1. The summed E-state index contributed by atoms with van der Waals surface area (Å²) in [7, 11) is 1.41. The molecule has 0 aromatic carbocycles. The molecule has 6 fully saturated rings. The Kier molecular flexibility index (Phi) is 11.6. The number of carbonyl (C=O) groups is 2. The predicted molar refractivity (Wildman–Crippen MR) is 204 cm³/mol. The third-order valence-electron chi connectivity index (χ3n) is 17.7. The van der Waals surface area contributed by atoms with Crippen LogP contribution < -0.4 is 0 Å². The number of esters is 1. The van der Waals surface area contributed by atoms with Gasteiger partial charge in [0, 0.05) is 0 Å². The number of carboxylic acids is 1. The van der Waals surface area contributed by atoms with E-state index in [1.807, 2.05) is 6.92 Å². The number of fused-ring (bicyclic) bond motifs is 7. The van der Waals surface area contributed by atoms with Crippen LogP contribution in [-0.2, 0) is 33.3 Å². The maximum absolute atomic E-state index is 13.2. The smallest absolute Gasteiger partial charge is 0.311 e. The number of aliphatic carboxylic acids is 1. The van der Waals surface area contributed by atoms with Crippen LogP contribution in [0.5, 0.6) is 0 Å². The molecular weight excluding hydrogens is 756 g/mol. The van der Waals surface area contributed by atoms with E-state index in [2.05, 4.69) is 40.7 Å². The lowest BCUT2D eigenvalue weighted by molar-refractivity contribution is -0.368. The quantitative estimate of drug-likeness (QED) is 0.0993. The van der Waals surface area contributed by atoms with Gasteiger partial charge in [0.25, 0.3) is 0 Å². The second kappa shape index (κ2) is 15.2. The highest BCUT2D eigenvalue weighted by Gasteiger charge is 2.70. The van der Waals surface area contributed by atoms with Crippen molar-refractivity contribution in [1.29, 1.82) is 0 Å². The first-order valence-electron chi connectivity index (χ1n) is 21.4. The molecule has 0 amide bonds. The standard InChI is InChI=1S/C43H68O15/c1-38(2)25-10-13-42(6)26(9-8-21-22-18-39(3,37(53)54-7)14-16-43(22,36(51)52)17-15-41(21,42)5)40(25,4)12-11-27(38)57-34-32(50)30(48)33(24(20-45)56-34)58-35-31(49)29(47)28(46)23(19-44)55-35/h8,22-35,44-50H,9-20H2,1-7H3,(H,51,52)/t22-,23+,24+,25-,26+,27-,28+,29-,30+,31+,32+,33+,34-,35-,39-,40-,41+,42+,43-/m0/s1. The molecule has 19 atom stereocenters. The van der Waals surface area contributed by atoms with Crippen molar-refractivity contribution in [2.75, 3.05) is 20.3 Å². The number of aliphatic hydroxyl groups is 7. The van der Waals surface area contributed by atoms with Crippen molar-refractivity contribution in [3.05, 3.63) is 11.6 Å². The molecule has 2 saturated heterocycles. The van der Waals surface area contributed by atoms with Gasteiger partial charge in [0.1, 0.15) is 48.8 Å². The lowest BCUT2D eigenvalue weighted by atomic mass is 9.33. The first-order chi connectivity index (χ1) is 27.1. The monoisotopic (exact) mass is 824 g/mol. The number of hydrogen-bond donors (Lipinski definition) is 8. The summed E-state index contributed by atoms with van der Waals surface area (Å²) < 4.78 is 29.1. The molecule has 15 nitrogen and oxygen atoms in total. The molecule has 8 N–H and O–H groups in total. The Balaban J connectivity index is 1.10. The molecule has 58 heavy (non-hydrogen) atoms. The lowest BCUT2D eigenvalue weighted by Crippen LogP contribution is -2.67. The van der Waals surface area contributed by atoms with Gasteiger partial charge >= 0.3 is 11.9 Å². The fourth-order valence-electron chi connectivity index (χ4n) is 13.9. The molecule has 15 heteroatoms. The molecule has 0 radical (unpaired) electrons. The summed E-state index contributed by atoms with van der Waals surface area (Å²) >= 11 is 0. The Labute approximate surface area is 341 Å². The molecule has 0 bridgehead atoms. The summed E-state index contributed by atoms with van der Waals surface area (Å²) in [5, 5.41) is 84.3. The number of allylic oxidation sites excluding steroid dienone is 2. The van der Waals surface area contributed by atoms with E-state index in [0.29, 0.717) is 32.1 Å². The van der Waals surface area contributed by atoms with Crippen LogP contribution in [0.1, 0.15) is 106 Å². The van der Waals surface area contributed by atoms with Crippen LogP contribution in [0, 0.1) is 50.2 Å². The first kappa shape index (κ1) is 44.3. The van der Waals surface area contributed by atoms with E-state index in [9.17, 15) is 50.4 Å². The second-order valence-corrected chi connectivity index (χ2v) is 20.6. The van der Waals surface area contributed by atoms with Crippen LogP contribution in [0.2, 0.25) is 0 Å². The van der Waals surface area contributed by atoms with Crippen LogP contribution in [0.25, 0.3) is 0 Å². The number of carboxylic acid groups (broad SMARTS) is 1. The Hall–Kier alpha value is -1.76. The summed E-state index contributed by atoms with van der Waals surface area (Å²) in [5.41, 5.74) is -1.36. The third-order valence-corrected chi connectivity index (χ3v) is 17.7. The number of ether oxygens (including phenoxy) is 5. The zero-order chi connectivity index (χ0) is 42.5. The molecule has 7 rings (SSSR count). The summed E-state index contributed by atoms with van der Waals surface area (Å²) in [4.78, 5) is 26.3. The van der Waals surface area contributed by atoms with Gasteiger partial charge in [-0.05, 0) is 111 Å². The largest absolute Gasteiger partial charge is 0.481 e. The van der Waals surface area contributed by atoms with Gasteiger partial charge < -0.3 is 64.5 Å². The van der Waals surface area contributed by atoms with Crippen molar-refractivity contribution in [2.45, 2.75) is 173 Å². The molecular formula is C43H68O15. The first-order valence-corrected chi connectivity index (χ1v) is 21.4. The van der Waals surface area contributed by atoms with Crippen molar-refractivity contribution < 1.29 is 74.1 Å². The van der Waals surface area contributed by atoms with Crippen molar-refractivity contribution in [3.63, 3.8) is 0 Å². The molecule has 2 aliphatic heterocycles. The van der Waals surface area contributed by atoms with Gasteiger partial charge in [-0.15, -0.1) is 0 Å². The second-order valence-electron chi connectivity index (χ2n) is 20.6. The highest BCUT2D eigenvalue weighted by molar-refractivity contribution is 5.80. The van der Waals surface area contributed by atoms with Crippen molar-refractivity contribution in [3.8, 4) is 0 Å². The molecule has 7 aliphatic rings. The van der Waals surface area contributed by atoms with E-state index in [0.717, 1.165) is 32.1 Å². The maximum atomic E-state index is 13.2. The fourth-order valence-corrected chi connectivity index (χ4v) is 13.9. The molecule has 330 valence electrons. The minimum absolute atomic E-state index is 0.112. The van der Waals surface area contributed by atoms with E-state index < -0.39 is 103 Å². The fraction of sp³-hybridized carbons (Fsp3) is 0.907. The highest BCUT2D eigenvalue weighted by atomic mass is 16.7. The van der Waals surface area contributed by atoms with Crippen molar-refractivity contribution in [1.82, 2.24) is 0 Å². The lowest BCUT2D eigenvalue weighted by Gasteiger charge is -2.71. The van der Waals surface area contributed by atoms with Gasteiger partial charge in [0.2, 0.25) is 0 Å². The molecule has 0 spiro atoms. The molecule has 0 unspecified atom stereocenters. The zero-order valence-corrected chi connectivity index (χ0v) is 35.1. The minimum atomic E-state index is -1.76. The van der Waals surface area contributed by atoms with Crippen LogP contribution in [0.4, 0.5) is 0 Å². The number of rotatable bonds is 8. The Morgan fingerprint density at radius 1 is 0.741 bits per heavy atom. The molecule has 2 heterocycles. The number of carbonyl (C=O) groups excluding carboxylic acids is 1. The van der Waals surface area contributed by atoms with Crippen LogP contribution in [0.15, 0.2) is 11.6 Å². The van der Waals surface area contributed by atoms with Crippen molar-refractivity contribution >= 4 is 11.9 Å². The molecule has 5 aliphatic carbocycles. The van der Waals surface area contributed by atoms with Gasteiger partial charge in [-0.3, -0.25) is 9.59 Å². The average Bonchev–Trinajstić information content (AvgIpc) is 3.18. The summed E-state index contributed by atoms with van der Waals surface area (Å²) in [6.07, 6.45) is -6.44. The van der Waals surface area contributed by atoms with E-state index in [4.69, 9.17) is 23.7 Å². The summed E-state index contributed by atoms with van der Waals surface area (Å²) in [5.74, 6) is -0.805. The van der Waals surface area contributed by atoms with E-state index in [1.165, 1.54) is 12.7 Å². The Morgan fingerprint density at radius 2 is 1.36 bits per heavy atom. The van der Waals surface area contributed by atoms with Crippen LogP contribution in [-0.4, -0.2) is 141 Å². The predicted octanol–water partition coefficient (Wildman–Crippen LogP) is 2.04. The molecule has 4 saturated carbocycles. The number of hydrogen-bond acceptors (Lipinski definition) is 14.